The highest BCUT2D eigenvalue weighted by Crippen LogP contribution is 2.32. The van der Waals surface area contributed by atoms with Crippen LogP contribution < -0.4 is 5.73 Å². The number of benzene rings is 1. The summed E-state index contributed by atoms with van der Waals surface area (Å²) in [6, 6.07) is 7.09. The average Bonchev–Trinajstić information content (AvgIpc) is 2.39. The van der Waals surface area contributed by atoms with Gasteiger partial charge in [-0.3, -0.25) is 0 Å². The zero-order chi connectivity index (χ0) is 11.8. The average molecular weight is 235 g/mol. The summed E-state index contributed by atoms with van der Waals surface area (Å²) in [5, 5.41) is 0. The van der Waals surface area contributed by atoms with Crippen molar-refractivity contribution in [2.75, 3.05) is 5.75 Å². The summed E-state index contributed by atoms with van der Waals surface area (Å²) >= 11 is 2.00. The Hall–Kier alpha value is -0.470. The molecule has 0 saturated carbocycles. The first-order valence-electron chi connectivity index (χ1n) is 5.95. The van der Waals surface area contributed by atoms with Crippen LogP contribution in [-0.4, -0.2) is 5.75 Å². The van der Waals surface area contributed by atoms with E-state index in [1.807, 2.05) is 11.8 Å². The first kappa shape index (κ1) is 12.0. The third kappa shape index (κ3) is 2.44. The molecule has 0 radical (unpaired) electrons. The van der Waals surface area contributed by atoms with Crippen LogP contribution in [0.5, 0.6) is 0 Å². The molecule has 1 atom stereocenters. The van der Waals surface area contributed by atoms with E-state index < -0.39 is 0 Å². The molecule has 1 aliphatic rings. The fraction of sp³-hybridized carbons (Fsp3) is 0.571. The molecule has 1 aliphatic heterocycles. The maximum absolute atomic E-state index is 6.25. The molecule has 1 nitrogen and oxygen atoms in total. The van der Waals surface area contributed by atoms with Crippen molar-refractivity contribution in [2.24, 2.45) is 5.73 Å². The van der Waals surface area contributed by atoms with E-state index in [0.29, 0.717) is 0 Å². The van der Waals surface area contributed by atoms with E-state index in [4.69, 9.17) is 5.73 Å². The second kappa shape index (κ2) is 4.42. The standard InChI is InChI=1S/C14H21NS/c1-14(2,3)11-5-4-10-9-16-7-6-13(15)12(10)8-11/h4-5,8,13H,6-7,9,15H2,1-3H3. The van der Waals surface area contributed by atoms with Gasteiger partial charge in [-0.05, 0) is 34.3 Å². The van der Waals surface area contributed by atoms with Gasteiger partial charge >= 0.3 is 0 Å². The normalized spacial score (nSPS) is 21.4. The van der Waals surface area contributed by atoms with Gasteiger partial charge in [0.15, 0.2) is 0 Å². The lowest BCUT2D eigenvalue weighted by Gasteiger charge is -2.22. The van der Waals surface area contributed by atoms with Crippen molar-refractivity contribution in [3.05, 3.63) is 34.9 Å². The van der Waals surface area contributed by atoms with Gasteiger partial charge in [-0.1, -0.05) is 39.0 Å². The topological polar surface area (TPSA) is 26.0 Å². The predicted octanol–water partition coefficient (Wildman–Crippen LogP) is 3.62. The summed E-state index contributed by atoms with van der Waals surface area (Å²) in [4.78, 5) is 0. The van der Waals surface area contributed by atoms with E-state index in [0.717, 1.165) is 12.2 Å². The monoisotopic (exact) mass is 235 g/mol. The highest BCUT2D eigenvalue weighted by atomic mass is 32.2. The Morgan fingerprint density at radius 3 is 2.75 bits per heavy atom. The molecule has 2 heteroatoms. The van der Waals surface area contributed by atoms with Gasteiger partial charge in [-0.15, -0.1) is 0 Å². The lowest BCUT2D eigenvalue weighted by molar-refractivity contribution is 0.586. The lowest BCUT2D eigenvalue weighted by atomic mass is 9.84. The molecule has 1 heterocycles. The molecule has 0 amide bonds. The smallest absolute Gasteiger partial charge is 0.0305 e. The Bertz CT molecular complexity index is 379. The van der Waals surface area contributed by atoms with Crippen LogP contribution in [0.2, 0.25) is 0 Å². The van der Waals surface area contributed by atoms with Gasteiger partial charge < -0.3 is 5.73 Å². The zero-order valence-corrected chi connectivity index (χ0v) is 11.2. The summed E-state index contributed by atoms with van der Waals surface area (Å²) in [6.45, 7) is 6.77. The van der Waals surface area contributed by atoms with Crippen LogP contribution in [0.4, 0.5) is 0 Å². The summed E-state index contributed by atoms with van der Waals surface area (Å²) in [5.74, 6) is 2.30. The molecule has 0 aliphatic carbocycles. The maximum Gasteiger partial charge on any atom is 0.0305 e. The van der Waals surface area contributed by atoms with Crippen molar-refractivity contribution in [3.8, 4) is 0 Å². The molecule has 0 saturated heterocycles. The number of rotatable bonds is 0. The number of fused-ring (bicyclic) bond motifs is 1. The molecule has 2 N–H and O–H groups in total. The van der Waals surface area contributed by atoms with Crippen molar-refractivity contribution < 1.29 is 0 Å². The zero-order valence-electron chi connectivity index (χ0n) is 10.4. The van der Waals surface area contributed by atoms with E-state index in [1.54, 1.807) is 0 Å². The summed E-state index contributed by atoms with van der Waals surface area (Å²) in [7, 11) is 0. The molecular formula is C14H21NS. The van der Waals surface area contributed by atoms with E-state index in [-0.39, 0.29) is 11.5 Å². The van der Waals surface area contributed by atoms with E-state index in [9.17, 15) is 0 Å². The Kier molecular flexibility index (Phi) is 3.32. The van der Waals surface area contributed by atoms with Gasteiger partial charge in [-0.2, -0.15) is 11.8 Å². The van der Waals surface area contributed by atoms with Crippen LogP contribution in [0, 0.1) is 0 Å². The first-order valence-corrected chi connectivity index (χ1v) is 7.10. The lowest BCUT2D eigenvalue weighted by Crippen LogP contribution is -2.15. The highest BCUT2D eigenvalue weighted by molar-refractivity contribution is 7.98. The quantitative estimate of drug-likeness (QED) is 0.743. The minimum Gasteiger partial charge on any atom is -0.324 e. The van der Waals surface area contributed by atoms with Gasteiger partial charge in [0.25, 0.3) is 0 Å². The van der Waals surface area contributed by atoms with E-state index >= 15 is 0 Å². The molecule has 0 aromatic heterocycles. The maximum atomic E-state index is 6.25. The minimum absolute atomic E-state index is 0.216. The fourth-order valence-corrected chi connectivity index (χ4v) is 3.13. The van der Waals surface area contributed by atoms with Gasteiger partial charge in [-0.25, -0.2) is 0 Å². The molecule has 16 heavy (non-hydrogen) atoms. The Morgan fingerprint density at radius 2 is 2.06 bits per heavy atom. The third-order valence-electron chi connectivity index (χ3n) is 3.24. The SMILES string of the molecule is CC(C)(C)c1ccc2c(c1)C(N)CCSC2. The number of thioether (sulfide) groups is 1. The van der Waals surface area contributed by atoms with E-state index in [1.165, 1.54) is 22.4 Å². The Labute approximate surface area is 103 Å². The largest absolute Gasteiger partial charge is 0.324 e. The van der Waals surface area contributed by atoms with E-state index in [2.05, 4.69) is 39.0 Å². The highest BCUT2D eigenvalue weighted by Gasteiger charge is 2.19. The Balaban J connectivity index is 2.43. The molecule has 88 valence electrons. The van der Waals surface area contributed by atoms with Gasteiger partial charge in [0, 0.05) is 11.8 Å². The molecule has 0 fully saturated rings. The van der Waals surface area contributed by atoms with Crippen molar-refractivity contribution in [3.63, 3.8) is 0 Å². The molecule has 1 aromatic rings. The van der Waals surface area contributed by atoms with Crippen LogP contribution >= 0.6 is 11.8 Å². The van der Waals surface area contributed by atoms with Crippen molar-refractivity contribution in [1.82, 2.24) is 0 Å². The van der Waals surface area contributed by atoms with Gasteiger partial charge in [0.1, 0.15) is 0 Å². The minimum atomic E-state index is 0.216. The molecule has 1 aromatic carbocycles. The molecule has 1 unspecified atom stereocenters. The third-order valence-corrected chi connectivity index (χ3v) is 4.28. The Morgan fingerprint density at radius 1 is 1.31 bits per heavy atom. The molecule has 2 rings (SSSR count). The molecular weight excluding hydrogens is 214 g/mol. The van der Waals surface area contributed by atoms with Crippen LogP contribution in [0.1, 0.15) is 49.9 Å². The molecule has 0 bridgehead atoms. The summed E-state index contributed by atoms with van der Waals surface area (Å²) in [5.41, 5.74) is 10.7. The second-order valence-electron chi connectivity index (χ2n) is 5.61. The van der Waals surface area contributed by atoms with Gasteiger partial charge in [0.2, 0.25) is 0 Å². The van der Waals surface area contributed by atoms with Crippen LogP contribution in [0.15, 0.2) is 18.2 Å². The number of hydrogen-bond donors (Lipinski definition) is 1. The van der Waals surface area contributed by atoms with Crippen LogP contribution in [0.3, 0.4) is 0 Å². The fourth-order valence-electron chi connectivity index (χ4n) is 2.09. The van der Waals surface area contributed by atoms with Crippen LogP contribution in [-0.2, 0) is 11.2 Å². The number of nitrogens with two attached hydrogens (primary N) is 1. The summed E-state index contributed by atoms with van der Waals surface area (Å²) < 4.78 is 0. The van der Waals surface area contributed by atoms with Crippen molar-refractivity contribution in [1.29, 1.82) is 0 Å². The summed E-state index contributed by atoms with van der Waals surface area (Å²) in [6.07, 6.45) is 1.10. The second-order valence-corrected chi connectivity index (χ2v) is 6.72. The number of hydrogen-bond acceptors (Lipinski definition) is 2. The van der Waals surface area contributed by atoms with Crippen molar-refractivity contribution in [2.45, 2.75) is 44.4 Å². The first-order chi connectivity index (χ1) is 7.48. The van der Waals surface area contributed by atoms with Crippen LogP contribution in [0.25, 0.3) is 0 Å². The van der Waals surface area contributed by atoms with Gasteiger partial charge in [0.05, 0.1) is 0 Å². The molecule has 0 spiro atoms. The van der Waals surface area contributed by atoms with Crippen molar-refractivity contribution >= 4 is 11.8 Å². The predicted molar refractivity (Wildman–Crippen MR) is 72.8 cm³/mol.